The molecule has 112 valence electrons. The molecule has 2 heterocycles. The van der Waals surface area contributed by atoms with Crippen molar-refractivity contribution < 1.29 is 0 Å². The van der Waals surface area contributed by atoms with E-state index in [0.29, 0.717) is 6.04 Å². The lowest BCUT2D eigenvalue weighted by Crippen LogP contribution is -2.41. The van der Waals surface area contributed by atoms with Crippen LogP contribution in [-0.2, 0) is 0 Å². The highest BCUT2D eigenvalue weighted by molar-refractivity contribution is 5.92. The van der Waals surface area contributed by atoms with Crippen molar-refractivity contribution in [2.24, 2.45) is 5.92 Å². The second-order valence-electron chi connectivity index (χ2n) is 6.31. The molecule has 1 aromatic heterocycles. The third kappa shape index (κ3) is 3.18. The molecule has 0 spiro atoms. The maximum Gasteiger partial charge on any atom is 0.136 e. The van der Waals surface area contributed by atoms with Crippen LogP contribution in [0.4, 0.5) is 5.82 Å². The van der Waals surface area contributed by atoms with E-state index in [1.54, 1.807) is 0 Å². The van der Waals surface area contributed by atoms with Crippen LogP contribution in [0.3, 0.4) is 0 Å². The topological polar surface area (TPSA) is 28.2 Å². The van der Waals surface area contributed by atoms with E-state index < -0.39 is 0 Å². The normalized spacial score (nSPS) is 19.1. The summed E-state index contributed by atoms with van der Waals surface area (Å²) >= 11 is 0. The number of fused-ring (bicyclic) bond motifs is 1. The van der Waals surface area contributed by atoms with Crippen molar-refractivity contribution in [3.05, 3.63) is 36.5 Å². The van der Waals surface area contributed by atoms with Crippen LogP contribution < -0.4 is 10.2 Å². The number of benzene rings is 1. The number of aromatic nitrogens is 1. The van der Waals surface area contributed by atoms with Gasteiger partial charge < -0.3 is 10.2 Å². The third-order valence-electron chi connectivity index (χ3n) is 4.40. The van der Waals surface area contributed by atoms with Crippen molar-refractivity contribution in [1.29, 1.82) is 0 Å². The highest BCUT2D eigenvalue weighted by atomic mass is 15.2. The Hall–Kier alpha value is -1.61. The molecule has 0 amide bonds. The number of anilines is 1. The van der Waals surface area contributed by atoms with Gasteiger partial charge in [0, 0.05) is 24.2 Å². The Kier molecular flexibility index (Phi) is 4.39. The third-order valence-corrected chi connectivity index (χ3v) is 4.40. The molecule has 0 aliphatic carbocycles. The lowest BCUT2D eigenvalue weighted by Gasteiger charge is -2.34. The molecule has 1 atom stereocenters. The highest BCUT2D eigenvalue weighted by Crippen LogP contribution is 2.27. The van der Waals surface area contributed by atoms with Gasteiger partial charge in [-0.25, -0.2) is 4.98 Å². The maximum absolute atomic E-state index is 4.70. The fourth-order valence-corrected chi connectivity index (χ4v) is 3.23. The van der Waals surface area contributed by atoms with E-state index in [1.807, 2.05) is 6.20 Å². The summed E-state index contributed by atoms with van der Waals surface area (Å²) in [5.74, 6) is 1.86. The molecular weight excluding hydrogens is 258 g/mol. The van der Waals surface area contributed by atoms with Crippen molar-refractivity contribution in [2.45, 2.75) is 32.7 Å². The minimum atomic E-state index is 0.463. The van der Waals surface area contributed by atoms with Gasteiger partial charge in [-0.15, -0.1) is 0 Å². The molecule has 0 bridgehead atoms. The zero-order valence-electron chi connectivity index (χ0n) is 13.0. The monoisotopic (exact) mass is 283 g/mol. The summed E-state index contributed by atoms with van der Waals surface area (Å²) in [5.41, 5.74) is 0. The van der Waals surface area contributed by atoms with Crippen molar-refractivity contribution in [1.82, 2.24) is 10.3 Å². The molecule has 1 fully saturated rings. The Labute approximate surface area is 127 Å². The molecule has 3 heteroatoms. The number of rotatable bonds is 4. The van der Waals surface area contributed by atoms with Crippen LogP contribution in [0, 0.1) is 5.92 Å². The second kappa shape index (κ2) is 6.44. The quantitative estimate of drug-likeness (QED) is 0.931. The number of nitrogens with one attached hydrogen (secondary N) is 1. The van der Waals surface area contributed by atoms with Gasteiger partial charge >= 0.3 is 0 Å². The fourth-order valence-electron chi connectivity index (χ4n) is 3.23. The van der Waals surface area contributed by atoms with Crippen molar-refractivity contribution in [3.63, 3.8) is 0 Å². The molecule has 1 aromatic carbocycles. The standard InChI is InChI=1S/C18H25N3/c1-14(2)21(13-15-6-5-10-19-12-15)18-17-8-4-3-7-16(17)9-11-20-18/h3-4,7-9,11,14-15,19H,5-6,10,12-13H2,1-2H3. The van der Waals surface area contributed by atoms with Gasteiger partial charge in [0.05, 0.1) is 0 Å². The van der Waals surface area contributed by atoms with Gasteiger partial charge in [-0.05, 0) is 57.1 Å². The van der Waals surface area contributed by atoms with Gasteiger partial charge in [-0.2, -0.15) is 0 Å². The molecule has 1 unspecified atom stereocenters. The van der Waals surface area contributed by atoms with Gasteiger partial charge in [-0.1, -0.05) is 24.3 Å². The number of piperidine rings is 1. The second-order valence-corrected chi connectivity index (χ2v) is 6.31. The molecule has 1 N–H and O–H groups in total. The van der Waals surface area contributed by atoms with Crippen LogP contribution in [0.15, 0.2) is 36.5 Å². The summed E-state index contributed by atoms with van der Waals surface area (Å²) in [4.78, 5) is 7.17. The predicted molar refractivity (Wildman–Crippen MR) is 89.8 cm³/mol. The molecule has 0 radical (unpaired) electrons. The van der Waals surface area contributed by atoms with Gasteiger partial charge in [0.25, 0.3) is 0 Å². The summed E-state index contributed by atoms with van der Waals surface area (Å²) in [6.45, 7) is 7.92. The van der Waals surface area contributed by atoms with Gasteiger partial charge in [0.2, 0.25) is 0 Å². The minimum absolute atomic E-state index is 0.463. The first-order chi connectivity index (χ1) is 10.3. The van der Waals surface area contributed by atoms with E-state index in [-0.39, 0.29) is 0 Å². The zero-order chi connectivity index (χ0) is 14.7. The highest BCUT2D eigenvalue weighted by Gasteiger charge is 2.21. The molecule has 0 saturated carbocycles. The summed E-state index contributed by atoms with van der Waals surface area (Å²) in [6, 6.07) is 11.1. The lowest BCUT2D eigenvalue weighted by molar-refractivity contribution is 0.370. The molecular formula is C18H25N3. The van der Waals surface area contributed by atoms with Crippen LogP contribution >= 0.6 is 0 Å². The Morgan fingerprint density at radius 3 is 2.90 bits per heavy atom. The summed E-state index contributed by atoms with van der Waals surface area (Å²) in [6.07, 6.45) is 4.55. The molecule has 1 aliphatic heterocycles. The number of hydrogen-bond donors (Lipinski definition) is 1. The molecule has 2 aromatic rings. The summed E-state index contributed by atoms with van der Waals surface area (Å²) in [7, 11) is 0. The molecule has 21 heavy (non-hydrogen) atoms. The van der Waals surface area contributed by atoms with E-state index in [0.717, 1.165) is 24.8 Å². The smallest absolute Gasteiger partial charge is 0.136 e. The van der Waals surface area contributed by atoms with Crippen molar-refractivity contribution >= 4 is 16.6 Å². The van der Waals surface area contributed by atoms with E-state index in [2.05, 4.69) is 54.4 Å². The maximum atomic E-state index is 4.70. The minimum Gasteiger partial charge on any atom is -0.353 e. The van der Waals surface area contributed by atoms with E-state index in [9.17, 15) is 0 Å². The summed E-state index contributed by atoms with van der Waals surface area (Å²) < 4.78 is 0. The Balaban J connectivity index is 1.91. The van der Waals surface area contributed by atoms with Crippen molar-refractivity contribution in [3.8, 4) is 0 Å². The number of nitrogens with zero attached hydrogens (tertiary/aromatic N) is 2. The van der Waals surface area contributed by atoms with Gasteiger partial charge in [0.15, 0.2) is 0 Å². The Morgan fingerprint density at radius 2 is 2.14 bits per heavy atom. The Bertz CT molecular complexity index is 583. The average Bonchev–Trinajstić information content (AvgIpc) is 2.53. The largest absolute Gasteiger partial charge is 0.353 e. The molecule has 1 aliphatic rings. The molecule has 1 saturated heterocycles. The SMILES string of the molecule is CC(C)N(CC1CCCNC1)c1nccc2ccccc12. The molecule has 3 rings (SSSR count). The van der Waals surface area contributed by atoms with Crippen LogP contribution in [0.1, 0.15) is 26.7 Å². The fraction of sp³-hybridized carbons (Fsp3) is 0.500. The first-order valence-corrected chi connectivity index (χ1v) is 8.07. The first kappa shape index (κ1) is 14.3. The molecule has 3 nitrogen and oxygen atoms in total. The van der Waals surface area contributed by atoms with E-state index in [4.69, 9.17) is 4.98 Å². The number of hydrogen-bond acceptors (Lipinski definition) is 3. The van der Waals surface area contributed by atoms with Crippen LogP contribution in [0.2, 0.25) is 0 Å². The van der Waals surface area contributed by atoms with E-state index >= 15 is 0 Å². The Morgan fingerprint density at radius 1 is 1.29 bits per heavy atom. The van der Waals surface area contributed by atoms with Crippen LogP contribution in [0.25, 0.3) is 10.8 Å². The first-order valence-electron chi connectivity index (χ1n) is 8.07. The van der Waals surface area contributed by atoms with Gasteiger partial charge in [0.1, 0.15) is 5.82 Å². The van der Waals surface area contributed by atoms with Crippen LogP contribution in [-0.4, -0.2) is 30.7 Å². The number of pyridine rings is 1. The predicted octanol–water partition coefficient (Wildman–Crippen LogP) is 3.45. The van der Waals surface area contributed by atoms with E-state index in [1.165, 1.54) is 30.2 Å². The zero-order valence-corrected chi connectivity index (χ0v) is 13.0. The van der Waals surface area contributed by atoms with Crippen LogP contribution in [0.5, 0.6) is 0 Å². The summed E-state index contributed by atoms with van der Waals surface area (Å²) in [5, 5.41) is 6.06. The van der Waals surface area contributed by atoms with Gasteiger partial charge in [-0.3, -0.25) is 0 Å². The van der Waals surface area contributed by atoms with Crippen molar-refractivity contribution in [2.75, 3.05) is 24.5 Å². The average molecular weight is 283 g/mol. The lowest BCUT2D eigenvalue weighted by atomic mass is 9.98.